The van der Waals surface area contributed by atoms with Crippen molar-refractivity contribution < 1.29 is 43.2 Å². The Hall–Kier alpha value is -3.41. The van der Waals surface area contributed by atoms with E-state index in [1.807, 2.05) is 58.9 Å². The number of allylic oxidation sites excluding steroid dienone is 2. The van der Waals surface area contributed by atoms with Gasteiger partial charge < -0.3 is 14.5 Å². The number of carbonyl (C=O) groups excluding carboxylic acids is 1. The molecular formula is C41H46F2IrNO3-. The molecule has 0 unspecified atom stereocenters. The van der Waals surface area contributed by atoms with Crippen LogP contribution in [0.4, 0.5) is 8.78 Å². The molecule has 2 heterocycles. The summed E-state index contributed by atoms with van der Waals surface area (Å²) < 4.78 is 33.4. The van der Waals surface area contributed by atoms with E-state index in [4.69, 9.17) is 9.40 Å². The summed E-state index contributed by atoms with van der Waals surface area (Å²) in [7, 11) is 0. The van der Waals surface area contributed by atoms with Gasteiger partial charge in [0.15, 0.2) is 5.78 Å². The number of halogens is 2. The molecule has 1 N–H and O–H groups in total. The van der Waals surface area contributed by atoms with Gasteiger partial charge in [0.25, 0.3) is 0 Å². The Morgan fingerprint density at radius 3 is 2.29 bits per heavy atom. The number of aliphatic hydroxyl groups is 1. The fourth-order valence-corrected chi connectivity index (χ4v) is 6.87. The molecule has 1 aliphatic rings. The molecule has 1 fully saturated rings. The molecule has 2 aromatic heterocycles. The Morgan fingerprint density at radius 1 is 0.958 bits per heavy atom. The molecule has 0 saturated heterocycles. The van der Waals surface area contributed by atoms with Crippen LogP contribution in [0.1, 0.15) is 96.1 Å². The van der Waals surface area contributed by atoms with E-state index in [2.05, 4.69) is 36.4 Å². The molecular weight excluding hydrogens is 785 g/mol. The van der Waals surface area contributed by atoms with E-state index in [9.17, 15) is 18.7 Å². The summed E-state index contributed by atoms with van der Waals surface area (Å²) in [5.74, 6) is -1.78. The van der Waals surface area contributed by atoms with Crippen molar-refractivity contribution in [3.05, 3.63) is 89.8 Å². The molecule has 0 aliphatic heterocycles. The summed E-state index contributed by atoms with van der Waals surface area (Å²) in [5, 5.41) is 14.0. The number of aliphatic hydroxyl groups excluding tert-OH is 1. The summed E-state index contributed by atoms with van der Waals surface area (Å²) in [4.78, 5) is 16.4. The number of alkyl halides is 2. The van der Waals surface area contributed by atoms with Crippen LogP contribution >= 0.6 is 0 Å². The smallest absolute Gasteiger partial charge is 0.248 e. The quantitative estimate of drug-likeness (QED) is 0.0913. The maximum absolute atomic E-state index is 13.6. The van der Waals surface area contributed by atoms with Gasteiger partial charge in [0.1, 0.15) is 5.58 Å². The second-order valence-corrected chi connectivity index (χ2v) is 12.9. The van der Waals surface area contributed by atoms with Crippen molar-refractivity contribution in [2.75, 3.05) is 0 Å². The van der Waals surface area contributed by atoms with Gasteiger partial charge in [-0.1, -0.05) is 82.0 Å². The first kappa shape index (κ1) is 37.4. The maximum atomic E-state index is 13.6. The van der Waals surface area contributed by atoms with Crippen molar-refractivity contribution >= 4 is 38.5 Å². The van der Waals surface area contributed by atoms with Crippen LogP contribution in [0.5, 0.6) is 0 Å². The standard InChI is InChI=1S/C28H22F2NO.C13H24O2.Ir/c1-17-14-23-22-4-2-3-5-25(22)32-27(23)24(15-17)26-21-7-6-19(16-20(21)10-13-31-26)18-8-11-28(29,30)12-9-18;1-5-10(6-2)12(14)9-13(15)11(7-3)8-4;/h2-7,10,13-14,16,18H,8-9,11-12H2,1H3;9-11,14H,5-8H2,1-4H3;/q-1;;/b;12-9-;. The number of nitrogens with zero attached hydrogens (tertiary/aromatic N) is 1. The normalized spacial score (nSPS) is 15.1. The minimum absolute atomic E-state index is 0. The first-order valence-electron chi connectivity index (χ1n) is 17.1. The van der Waals surface area contributed by atoms with Gasteiger partial charge >= 0.3 is 0 Å². The molecule has 0 amide bonds. The van der Waals surface area contributed by atoms with Gasteiger partial charge in [-0.05, 0) is 78.6 Å². The molecule has 4 nitrogen and oxygen atoms in total. The average Bonchev–Trinajstić information content (AvgIpc) is 3.44. The van der Waals surface area contributed by atoms with E-state index in [0.29, 0.717) is 12.8 Å². The minimum atomic E-state index is -2.51. The summed E-state index contributed by atoms with van der Waals surface area (Å²) in [6.45, 7) is 10.1. The molecule has 0 bridgehead atoms. The number of rotatable bonds is 9. The number of pyridine rings is 1. The van der Waals surface area contributed by atoms with Crippen molar-refractivity contribution in [2.24, 2.45) is 11.8 Å². The second-order valence-electron chi connectivity index (χ2n) is 12.9. The Bertz CT molecular complexity index is 1880. The number of aromatic nitrogens is 1. The Kier molecular flexibility index (Phi) is 12.7. The zero-order valence-corrected chi connectivity index (χ0v) is 30.9. The Morgan fingerprint density at radius 2 is 1.62 bits per heavy atom. The SMILES string of the molecule is CCC(CC)C(=O)/C=C(\O)C(CC)CC.Cc1[c-]c(-c2nccc3cc(C4CCC(F)(F)CC4)ccc23)c2oc3ccccc3c2c1.[Ir]. The molecule has 257 valence electrons. The molecule has 48 heavy (non-hydrogen) atoms. The number of furan rings is 1. The third-order valence-corrected chi connectivity index (χ3v) is 9.84. The molecule has 6 rings (SSSR count). The molecule has 0 spiro atoms. The third kappa shape index (κ3) is 8.23. The summed E-state index contributed by atoms with van der Waals surface area (Å²) in [6, 6.07) is 21.9. The van der Waals surface area contributed by atoms with Gasteiger partial charge in [0.2, 0.25) is 5.92 Å². The number of aryl methyl sites for hydroxylation is 1. The largest absolute Gasteiger partial charge is 0.512 e. The number of fused-ring (bicyclic) bond motifs is 4. The number of para-hydroxylation sites is 1. The van der Waals surface area contributed by atoms with Crippen molar-refractivity contribution in [3.63, 3.8) is 0 Å². The number of ketones is 1. The average molecular weight is 831 g/mol. The van der Waals surface area contributed by atoms with Gasteiger partial charge in [-0.2, -0.15) is 0 Å². The molecule has 1 saturated carbocycles. The van der Waals surface area contributed by atoms with Crippen LogP contribution in [-0.4, -0.2) is 21.8 Å². The van der Waals surface area contributed by atoms with Gasteiger partial charge in [-0.3, -0.25) is 4.79 Å². The second kappa shape index (κ2) is 16.3. The van der Waals surface area contributed by atoms with Crippen molar-refractivity contribution in [1.29, 1.82) is 0 Å². The van der Waals surface area contributed by atoms with Crippen molar-refractivity contribution in [1.82, 2.24) is 4.98 Å². The molecule has 1 radical (unpaired) electrons. The summed E-state index contributed by atoms with van der Waals surface area (Å²) >= 11 is 0. The van der Waals surface area contributed by atoms with Crippen LogP contribution in [0.25, 0.3) is 44.0 Å². The van der Waals surface area contributed by atoms with Crippen LogP contribution < -0.4 is 0 Å². The topological polar surface area (TPSA) is 63.3 Å². The Balaban J connectivity index is 0.000000279. The fraction of sp³-hybridized carbons (Fsp3) is 0.415. The predicted molar refractivity (Wildman–Crippen MR) is 188 cm³/mol. The summed E-state index contributed by atoms with van der Waals surface area (Å²) in [6.07, 6.45) is 7.72. The molecule has 3 aromatic carbocycles. The maximum Gasteiger partial charge on any atom is 0.248 e. The molecule has 0 atom stereocenters. The fourth-order valence-electron chi connectivity index (χ4n) is 6.87. The van der Waals surface area contributed by atoms with Gasteiger partial charge in [-0.15, -0.1) is 17.7 Å². The number of hydrogen-bond donors (Lipinski definition) is 1. The van der Waals surface area contributed by atoms with Crippen LogP contribution in [-0.2, 0) is 24.9 Å². The number of carbonyl (C=O) groups is 1. The Labute approximate surface area is 296 Å². The predicted octanol–water partition coefficient (Wildman–Crippen LogP) is 12.1. The van der Waals surface area contributed by atoms with Crippen LogP contribution in [0.15, 0.2) is 77.0 Å². The zero-order valence-electron chi connectivity index (χ0n) is 28.5. The van der Waals surface area contributed by atoms with E-state index in [1.165, 1.54) is 6.08 Å². The minimum Gasteiger partial charge on any atom is -0.512 e. The molecule has 5 aromatic rings. The van der Waals surface area contributed by atoms with E-state index >= 15 is 0 Å². The molecule has 1 aliphatic carbocycles. The molecule has 7 heteroatoms. The van der Waals surface area contributed by atoms with Crippen LogP contribution in [0, 0.1) is 24.8 Å². The number of hydrogen-bond acceptors (Lipinski definition) is 4. The van der Waals surface area contributed by atoms with Crippen molar-refractivity contribution in [2.45, 2.75) is 97.8 Å². The zero-order chi connectivity index (χ0) is 33.7. The van der Waals surface area contributed by atoms with E-state index in [0.717, 1.165) is 80.8 Å². The van der Waals surface area contributed by atoms with E-state index in [1.54, 1.807) is 6.20 Å². The summed E-state index contributed by atoms with van der Waals surface area (Å²) in [5.41, 5.74) is 5.48. The van der Waals surface area contributed by atoms with Gasteiger partial charge in [0, 0.05) is 62.4 Å². The van der Waals surface area contributed by atoms with Gasteiger partial charge in [-0.25, -0.2) is 8.78 Å². The van der Waals surface area contributed by atoms with Crippen LogP contribution in [0.2, 0.25) is 0 Å². The first-order valence-corrected chi connectivity index (χ1v) is 17.1. The van der Waals surface area contributed by atoms with E-state index in [-0.39, 0.29) is 62.2 Å². The number of benzene rings is 3. The van der Waals surface area contributed by atoms with Crippen LogP contribution in [0.3, 0.4) is 0 Å². The first-order chi connectivity index (χ1) is 22.6. The van der Waals surface area contributed by atoms with Gasteiger partial charge in [0.05, 0.1) is 11.3 Å². The van der Waals surface area contributed by atoms with E-state index < -0.39 is 5.92 Å². The van der Waals surface area contributed by atoms with Crippen molar-refractivity contribution in [3.8, 4) is 11.3 Å². The monoisotopic (exact) mass is 831 g/mol. The third-order valence-electron chi connectivity index (χ3n) is 9.84.